The van der Waals surface area contributed by atoms with E-state index in [0.717, 1.165) is 10.0 Å². The molecular weight excluding hydrogens is 438 g/mol. The third-order valence-corrected chi connectivity index (χ3v) is 4.27. The van der Waals surface area contributed by atoms with Crippen LogP contribution < -0.4 is 0 Å². The van der Waals surface area contributed by atoms with E-state index in [1.165, 1.54) is 6.08 Å². The van der Waals surface area contributed by atoms with E-state index >= 15 is 0 Å². The Bertz CT molecular complexity index is 887. The summed E-state index contributed by atoms with van der Waals surface area (Å²) in [5.74, 6) is -0.316. The van der Waals surface area contributed by atoms with E-state index in [2.05, 4.69) is 36.9 Å². The molecule has 1 heterocycles. The van der Waals surface area contributed by atoms with E-state index in [0.29, 0.717) is 10.0 Å². The van der Waals surface area contributed by atoms with E-state index < -0.39 is 5.97 Å². The minimum absolute atomic E-state index is 0.0296. The van der Waals surface area contributed by atoms with Crippen LogP contribution in [-0.2, 0) is 9.53 Å². The van der Waals surface area contributed by atoms with Crippen LogP contribution in [0.4, 0.5) is 0 Å². The van der Waals surface area contributed by atoms with Gasteiger partial charge < -0.3 is 9.84 Å². The van der Waals surface area contributed by atoms with Gasteiger partial charge in [-0.1, -0.05) is 46.3 Å². The number of hydrogen-bond acceptors (Lipinski definition) is 4. The van der Waals surface area contributed by atoms with E-state index in [1.807, 2.05) is 36.4 Å². The monoisotopic (exact) mass is 447 g/mol. The molecule has 0 aromatic heterocycles. The van der Waals surface area contributed by atoms with Crippen LogP contribution in [0.1, 0.15) is 11.1 Å². The van der Waals surface area contributed by atoms with Gasteiger partial charge in [0.2, 0.25) is 5.90 Å². The summed E-state index contributed by atoms with van der Waals surface area (Å²) < 4.78 is 6.40. The van der Waals surface area contributed by atoms with Gasteiger partial charge in [-0.25, -0.2) is 9.79 Å². The van der Waals surface area contributed by atoms with Crippen LogP contribution in [0.5, 0.6) is 5.75 Å². The molecule has 6 heteroatoms. The molecule has 0 atom stereocenters. The van der Waals surface area contributed by atoms with Crippen LogP contribution in [0.25, 0.3) is 12.2 Å². The standard InChI is InChI=1S/C18H11Br2NO3/c19-13-8-12(17(22)14(20)10-13)9-15-18(23)24-16(21-15)7-6-11-4-2-1-3-5-11/h1-10,22H/b7-6+,15-9-. The molecule has 0 radical (unpaired) electrons. The Balaban J connectivity index is 1.88. The fraction of sp³-hybridized carbons (Fsp3) is 0. The molecule has 1 aliphatic rings. The van der Waals surface area contributed by atoms with E-state index in [4.69, 9.17) is 4.74 Å². The average molecular weight is 449 g/mol. The number of ether oxygens (including phenoxy) is 1. The Morgan fingerprint density at radius 1 is 1.08 bits per heavy atom. The molecule has 0 spiro atoms. The SMILES string of the molecule is O=C1OC(/C=C/c2ccccc2)=NC/1=C\c1cc(Br)cc(Br)c1O. The highest BCUT2D eigenvalue weighted by molar-refractivity contribution is 9.11. The van der Waals surface area contributed by atoms with Crippen LogP contribution in [0.3, 0.4) is 0 Å². The molecule has 4 nitrogen and oxygen atoms in total. The number of esters is 1. The molecule has 3 rings (SSSR count). The largest absolute Gasteiger partial charge is 0.506 e. The lowest BCUT2D eigenvalue weighted by molar-refractivity contribution is -0.129. The summed E-state index contributed by atoms with van der Waals surface area (Å²) in [5.41, 5.74) is 1.56. The van der Waals surface area contributed by atoms with E-state index in [9.17, 15) is 9.90 Å². The lowest BCUT2D eigenvalue weighted by atomic mass is 10.1. The van der Waals surface area contributed by atoms with Crippen molar-refractivity contribution in [2.75, 3.05) is 0 Å². The highest BCUT2D eigenvalue weighted by Crippen LogP contribution is 2.33. The van der Waals surface area contributed by atoms with Crippen molar-refractivity contribution in [3.8, 4) is 5.75 Å². The van der Waals surface area contributed by atoms with Crippen molar-refractivity contribution in [2.24, 2.45) is 4.99 Å². The number of hydrogen-bond donors (Lipinski definition) is 1. The Kier molecular flexibility index (Phi) is 4.97. The lowest BCUT2D eigenvalue weighted by Crippen LogP contribution is -2.01. The first-order valence-electron chi connectivity index (χ1n) is 6.96. The van der Waals surface area contributed by atoms with Gasteiger partial charge in [0.1, 0.15) is 5.75 Å². The van der Waals surface area contributed by atoms with Crippen LogP contribution in [0, 0.1) is 0 Å². The summed E-state index contributed by atoms with van der Waals surface area (Å²) in [4.78, 5) is 16.1. The van der Waals surface area contributed by atoms with Gasteiger partial charge in [-0.2, -0.15) is 0 Å². The number of aromatic hydroxyl groups is 1. The zero-order valence-corrected chi connectivity index (χ0v) is 15.4. The zero-order chi connectivity index (χ0) is 17.1. The molecule has 1 aliphatic heterocycles. The highest BCUT2D eigenvalue weighted by Gasteiger charge is 2.22. The summed E-state index contributed by atoms with van der Waals surface area (Å²) in [6.07, 6.45) is 4.92. The van der Waals surface area contributed by atoms with Crippen LogP contribution in [0.2, 0.25) is 0 Å². The van der Waals surface area contributed by atoms with Gasteiger partial charge in [0.25, 0.3) is 0 Å². The predicted molar refractivity (Wildman–Crippen MR) is 100 cm³/mol. The Morgan fingerprint density at radius 2 is 1.83 bits per heavy atom. The first kappa shape index (κ1) is 16.7. The quantitative estimate of drug-likeness (QED) is 0.535. The molecular formula is C18H11Br2NO3. The third kappa shape index (κ3) is 3.83. The first-order chi connectivity index (χ1) is 11.5. The molecule has 0 aliphatic carbocycles. The van der Waals surface area contributed by atoms with Gasteiger partial charge in [-0.15, -0.1) is 0 Å². The number of cyclic esters (lactones) is 1. The van der Waals surface area contributed by atoms with Crippen LogP contribution >= 0.6 is 31.9 Å². The lowest BCUT2D eigenvalue weighted by Gasteiger charge is -2.03. The summed E-state index contributed by atoms with van der Waals surface area (Å²) in [6.45, 7) is 0. The second kappa shape index (κ2) is 7.15. The maximum absolute atomic E-state index is 11.9. The fourth-order valence-corrected chi connectivity index (χ4v) is 3.33. The maximum atomic E-state index is 11.9. The summed E-state index contributed by atoms with van der Waals surface area (Å²) in [6, 6.07) is 13.0. The van der Waals surface area contributed by atoms with Gasteiger partial charge >= 0.3 is 5.97 Å². The molecule has 1 N–H and O–H groups in total. The van der Waals surface area contributed by atoms with Gasteiger partial charge in [0, 0.05) is 16.1 Å². The number of halogens is 2. The molecule has 2 aromatic carbocycles. The predicted octanol–water partition coefficient (Wildman–Crippen LogP) is 4.93. The molecule has 0 amide bonds. The van der Waals surface area contributed by atoms with Crippen molar-refractivity contribution in [2.45, 2.75) is 0 Å². The molecule has 0 bridgehead atoms. The second-order valence-electron chi connectivity index (χ2n) is 4.94. The van der Waals surface area contributed by atoms with Crippen molar-refractivity contribution in [3.63, 3.8) is 0 Å². The Labute approximate surface area is 155 Å². The number of phenolic OH excluding ortho intramolecular Hbond substituents is 1. The number of phenols is 1. The summed E-state index contributed by atoms with van der Waals surface area (Å²) in [5, 5.41) is 10.1. The Hall–Kier alpha value is -2.18. The van der Waals surface area contributed by atoms with Crippen molar-refractivity contribution in [1.29, 1.82) is 0 Å². The molecule has 24 heavy (non-hydrogen) atoms. The van der Waals surface area contributed by atoms with E-state index in [-0.39, 0.29) is 17.3 Å². The minimum Gasteiger partial charge on any atom is -0.506 e. The van der Waals surface area contributed by atoms with Crippen molar-refractivity contribution in [3.05, 3.63) is 74.3 Å². The van der Waals surface area contributed by atoms with Gasteiger partial charge in [0.05, 0.1) is 4.47 Å². The summed E-state index contributed by atoms with van der Waals surface area (Å²) >= 11 is 6.59. The number of aliphatic imine (C=N–C) groups is 1. The number of benzene rings is 2. The van der Waals surface area contributed by atoms with Crippen molar-refractivity contribution in [1.82, 2.24) is 0 Å². The molecule has 0 fully saturated rings. The zero-order valence-electron chi connectivity index (χ0n) is 12.2. The number of nitrogens with zero attached hydrogens (tertiary/aromatic N) is 1. The Morgan fingerprint density at radius 3 is 2.58 bits per heavy atom. The third-order valence-electron chi connectivity index (χ3n) is 3.20. The molecule has 120 valence electrons. The van der Waals surface area contributed by atoms with Crippen molar-refractivity contribution >= 4 is 55.9 Å². The van der Waals surface area contributed by atoms with Crippen LogP contribution in [0.15, 0.2) is 68.2 Å². The van der Waals surface area contributed by atoms with Crippen molar-refractivity contribution < 1.29 is 14.6 Å². The number of carbonyl (C=O) groups is 1. The van der Waals surface area contributed by atoms with E-state index in [1.54, 1.807) is 18.2 Å². The highest BCUT2D eigenvalue weighted by atomic mass is 79.9. The molecule has 0 saturated heterocycles. The number of carbonyl (C=O) groups excluding carboxylic acids is 1. The smallest absolute Gasteiger partial charge is 0.363 e. The fourth-order valence-electron chi connectivity index (χ4n) is 2.07. The maximum Gasteiger partial charge on any atom is 0.363 e. The molecule has 2 aromatic rings. The topological polar surface area (TPSA) is 58.9 Å². The van der Waals surface area contributed by atoms with Gasteiger partial charge in [-0.3, -0.25) is 0 Å². The summed E-state index contributed by atoms with van der Waals surface area (Å²) in [7, 11) is 0. The molecule has 0 saturated carbocycles. The first-order valence-corrected chi connectivity index (χ1v) is 8.55. The molecule has 0 unspecified atom stereocenters. The van der Waals surface area contributed by atoms with Gasteiger partial charge in [0.15, 0.2) is 5.70 Å². The van der Waals surface area contributed by atoms with Gasteiger partial charge in [-0.05, 0) is 45.8 Å². The second-order valence-corrected chi connectivity index (χ2v) is 6.71. The van der Waals surface area contributed by atoms with Crippen LogP contribution in [-0.4, -0.2) is 17.0 Å². The minimum atomic E-state index is -0.557. The number of rotatable bonds is 3. The average Bonchev–Trinajstić information content (AvgIpc) is 2.91. The normalized spacial score (nSPS) is 15.8.